The standard InChI is InChI=1S/C20H30O2.Na/c1-13(2)14-6-8-16-15(12-14)7-9-17-19(16,3)10-5-11-20(17,4)18(21)22;/h7,12-13,16-17H,5-6,8-11H2,1-4H3,(H,21,22);/q;+1/p-1/t16?,17?,19-,20-;/m1./s1. The van der Waals surface area contributed by atoms with E-state index in [9.17, 15) is 9.90 Å². The van der Waals surface area contributed by atoms with Crippen LogP contribution in [0.2, 0.25) is 0 Å². The van der Waals surface area contributed by atoms with E-state index in [1.54, 1.807) is 5.57 Å². The number of hydrogen-bond donors (Lipinski definition) is 0. The molecule has 122 valence electrons. The van der Waals surface area contributed by atoms with Crippen LogP contribution in [0.4, 0.5) is 0 Å². The van der Waals surface area contributed by atoms with Crippen molar-refractivity contribution in [3.05, 3.63) is 23.3 Å². The predicted octanol–water partition coefficient (Wildman–Crippen LogP) is 0.876. The van der Waals surface area contributed by atoms with Gasteiger partial charge < -0.3 is 9.90 Å². The Morgan fingerprint density at radius 3 is 2.61 bits per heavy atom. The van der Waals surface area contributed by atoms with Crippen LogP contribution < -0.4 is 34.7 Å². The molecule has 3 aliphatic carbocycles. The quantitative estimate of drug-likeness (QED) is 0.708. The van der Waals surface area contributed by atoms with Crippen molar-refractivity contribution in [2.24, 2.45) is 28.6 Å². The summed E-state index contributed by atoms with van der Waals surface area (Å²) in [4.78, 5) is 11.8. The molecule has 3 rings (SSSR count). The van der Waals surface area contributed by atoms with Crippen LogP contribution in [0.15, 0.2) is 23.3 Å². The maximum absolute atomic E-state index is 11.8. The average Bonchev–Trinajstić information content (AvgIpc) is 2.46. The van der Waals surface area contributed by atoms with Gasteiger partial charge in [0.25, 0.3) is 0 Å². The first-order chi connectivity index (χ1) is 10.3. The second kappa shape index (κ2) is 6.69. The second-order valence-electron chi connectivity index (χ2n) is 8.52. The molecule has 0 bridgehead atoms. The molecule has 3 aliphatic rings. The normalized spacial score (nSPS) is 39.5. The third kappa shape index (κ3) is 3.00. The first kappa shape index (κ1) is 19.3. The molecular formula is C20H29NaO2. The van der Waals surface area contributed by atoms with Crippen LogP contribution in [0, 0.1) is 28.6 Å². The Bertz CT molecular complexity index is 548. The van der Waals surface area contributed by atoms with Gasteiger partial charge in [-0.05, 0) is 60.8 Å². The van der Waals surface area contributed by atoms with Crippen LogP contribution in [-0.4, -0.2) is 5.97 Å². The molecular weight excluding hydrogens is 295 g/mol. The van der Waals surface area contributed by atoms with E-state index in [4.69, 9.17) is 0 Å². The summed E-state index contributed by atoms with van der Waals surface area (Å²) in [5, 5.41) is 11.8. The molecule has 0 aromatic heterocycles. The fraction of sp³-hybridized carbons (Fsp3) is 0.750. The Morgan fingerprint density at radius 2 is 2.00 bits per heavy atom. The molecule has 0 aromatic carbocycles. The van der Waals surface area contributed by atoms with E-state index in [0.717, 1.165) is 25.7 Å². The van der Waals surface area contributed by atoms with E-state index in [0.29, 0.717) is 11.8 Å². The number of carboxylic acid groups (broad SMARTS) is 1. The SMILES string of the molecule is CC(C)C1=CC2=CCC3[C@](C)(CCC[C@@]3(C)C(=O)[O-])C2CC1.[Na+]. The molecule has 4 atom stereocenters. The molecule has 0 amide bonds. The largest absolute Gasteiger partial charge is 1.00 e. The van der Waals surface area contributed by atoms with Gasteiger partial charge in [0.1, 0.15) is 0 Å². The Morgan fingerprint density at radius 1 is 1.30 bits per heavy atom. The zero-order valence-corrected chi connectivity index (χ0v) is 17.4. The minimum atomic E-state index is -0.838. The Labute approximate surface area is 163 Å². The van der Waals surface area contributed by atoms with Crippen LogP contribution in [0.3, 0.4) is 0 Å². The zero-order valence-electron chi connectivity index (χ0n) is 15.4. The van der Waals surface area contributed by atoms with Crippen LogP contribution in [0.25, 0.3) is 0 Å². The van der Waals surface area contributed by atoms with Crippen LogP contribution >= 0.6 is 0 Å². The Balaban J connectivity index is 0.00000192. The van der Waals surface area contributed by atoms with Crippen LogP contribution in [0.1, 0.15) is 66.2 Å². The molecule has 2 nitrogen and oxygen atoms in total. The smallest absolute Gasteiger partial charge is 0.550 e. The number of allylic oxidation sites excluding steroid dienone is 4. The van der Waals surface area contributed by atoms with Crippen molar-refractivity contribution in [3.8, 4) is 0 Å². The number of rotatable bonds is 2. The average molecular weight is 324 g/mol. The van der Waals surface area contributed by atoms with Crippen molar-refractivity contribution < 1.29 is 39.5 Å². The molecule has 0 N–H and O–H groups in total. The van der Waals surface area contributed by atoms with E-state index in [1.807, 2.05) is 6.92 Å². The second-order valence-corrected chi connectivity index (χ2v) is 8.52. The monoisotopic (exact) mass is 324 g/mol. The van der Waals surface area contributed by atoms with Crippen LogP contribution in [0.5, 0.6) is 0 Å². The van der Waals surface area contributed by atoms with Gasteiger partial charge in [-0.15, -0.1) is 0 Å². The molecule has 0 heterocycles. The van der Waals surface area contributed by atoms with Gasteiger partial charge in [-0.3, -0.25) is 0 Å². The third-order valence-corrected chi connectivity index (χ3v) is 7.05. The summed E-state index contributed by atoms with van der Waals surface area (Å²) in [5.74, 6) is 0.538. The van der Waals surface area contributed by atoms with Crippen molar-refractivity contribution in [3.63, 3.8) is 0 Å². The minimum Gasteiger partial charge on any atom is -0.550 e. The van der Waals surface area contributed by atoms with Gasteiger partial charge in [0, 0.05) is 11.4 Å². The summed E-state index contributed by atoms with van der Waals surface area (Å²) < 4.78 is 0. The topological polar surface area (TPSA) is 40.1 Å². The summed E-state index contributed by atoms with van der Waals surface area (Å²) in [5.41, 5.74) is 2.51. The van der Waals surface area contributed by atoms with Crippen molar-refractivity contribution in [2.75, 3.05) is 0 Å². The number of carbonyl (C=O) groups is 1. The maximum atomic E-state index is 11.8. The summed E-state index contributed by atoms with van der Waals surface area (Å²) in [6.45, 7) is 8.83. The zero-order chi connectivity index (χ0) is 16.1. The molecule has 0 saturated heterocycles. The van der Waals surface area contributed by atoms with Gasteiger partial charge in [-0.25, -0.2) is 0 Å². The first-order valence-corrected chi connectivity index (χ1v) is 8.91. The molecule has 1 fully saturated rings. The van der Waals surface area contributed by atoms with Crippen molar-refractivity contribution in [2.45, 2.75) is 66.2 Å². The van der Waals surface area contributed by atoms with Crippen molar-refractivity contribution >= 4 is 5.97 Å². The van der Waals surface area contributed by atoms with Crippen molar-refractivity contribution in [1.29, 1.82) is 0 Å². The van der Waals surface area contributed by atoms with Crippen molar-refractivity contribution in [1.82, 2.24) is 0 Å². The summed E-state index contributed by atoms with van der Waals surface area (Å²) >= 11 is 0. The third-order valence-electron chi connectivity index (χ3n) is 7.05. The van der Waals surface area contributed by atoms with Gasteiger partial charge >= 0.3 is 29.6 Å². The van der Waals surface area contributed by atoms with E-state index in [1.165, 1.54) is 18.4 Å². The molecule has 0 aliphatic heterocycles. The van der Waals surface area contributed by atoms with E-state index >= 15 is 0 Å². The minimum absolute atomic E-state index is 0. The van der Waals surface area contributed by atoms with E-state index < -0.39 is 11.4 Å². The fourth-order valence-corrected chi connectivity index (χ4v) is 5.59. The molecule has 23 heavy (non-hydrogen) atoms. The summed E-state index contributed by atoms with van der Waals surface area (Å²) in [6, 6.07) is 0. The van der Waals surface area contributed by atoms with Gasteiger partial charge in [-0.1, -0.05) is 51.8 Å². The molecule has 3 heteroatoms. The number of hydrogen-bond acceptors (Lipinski definition) is 2. The number of carbonyl (C=O) groups excluding carboxylic acids is 1. The molecule has 1 saturated carbocycles. The van der Waals surface area contributed by atoms with Gasteiger partial charge in [0.05, 0.1) is 0 Å². The summed E-state index contributed by atoms with van der Waals surface area (Å²) in [7, 11) is 0. The molecule has 0 aromatic rings. The first-order valence-electron chi connectivity index (χ1n) is 8.91. The van der Waals surface area contributed by atoms with Gasteiger partial charge in [0.2, 0.25) is 0 Å². The number of carboxylic acids is 1. The molecule has 2 unspecified atom stereocenters. The number of aliphatic carboxylic acids is 1. The number of fused-ring (bicyclic) bond motifs is 3. The molecule has 0 spiro atoms. The fourth-order valence-electron chi connectivity index (χ4n) is 5.59. The van der Waals surface area contributed by atoms with E-state index in [2.05, 4.69) is 32.9 Å². The molecule has 0 radical (unpaired) electrons. The maximum Gasteiger partial charge on any atom is 1.00 e. The Hall–Kier alpha value is -0.0500. The van der Waals surface area contributed by atoms with Gasteiger partial charge in [0.15, 0.2) is 0 Å². The Kier molecular flexibility index (Phi) is 5.61. The predicted molar refractivity (Wildman–Crippen MR) is 86.9 cm³/mol. The van der Waals surface area contributed by atoms with Crippen LogP contribution in [-0.2, 0) is 4.79 Å². The van der Waals surface area contributed by atoms with E-state index in [-0.39, 0.29) is 40.9 Å². The van der Waals surface area contributed by atoms with Gasteiger partial charge in [-0.2, -0.15) is 0 Å². The summed E-state index contributed by atoms with van der Waals surface area (Å²) in [6.07, 6.45) is 11.0.